The summed E-state index contributed by atoms with van der Waals surface area (Å²) >= 11 is 3.58. The Kier molecular flexibility index (Phi) is 3.65. The van der Waals surface area contributed by atoms with Gasteiger partial charge in [-0.1, -0.05) is 41.4 Å². The zero-order valence-corrected chi connectivity index (χ0v) is 15.6. The first-order valence-corrected chi connectivity index (χ1v) is 9.94. The summed E-state index contributed by atoms with van der Waals surface area (Å²) in [7, 11) is 0. The summed E-state index contributed by atoms with van der Waals surface area (Å²) < 4.78 is 0. The topological polar surface area (TPSA) is 57.5 Å². The first-order valence-electron chi connectivity index (χ1n) is 9.03. The standard InChI is InChI=1S/C19H27BrO3/c1-18-5-3-11(21)7-10(18)8-15(22)16-12(18)4-6-19(2)13(16)9-14(20)17(19)23/h7,11-16,21-22H,3-6,8-9H2,1-2H3/t11?,12-,13+,14?,15?,16-,18+,19+/m1/s1. The average molecular weight is 383 g/mol. The van der Waals surface area contributed by atoms with Crippen molar-refractivity contribution in [2.24, 2.45) is 28.6 Å². The first-order chi connectivity index (χ1) is 10.8. The molecule has 4 rings (SSSR count). The van der Waals surface area contributed by atoms with Crippen LogP contribution in [0.4, 0.5) is 0 Å². The van der Waals surface area contributed by atoms with Gasteiger partial charge in [0.05, 0.1) is 17.0 Å². The lowest BCUT2D eigenvalue weighted by atomic mass is 9.46. The molecule has 4 aliphatic rings. The van der Waals surface area contributed by atoms with Gasteiger partial charge in [-0.05, 0) is 61.7 Å². The highest BCUT2D eigenvalue weighted by molar-refractivity contribution is 9.10. The second-order valence-electron chi connectivity index (χ2n) is 8.80. The van der Waals surface area contributed by atoms with E-state index in [1.54, 1.807) is 0 Å². The molecule has 3 fully saturated rings. The summed E-state index contributed by atoms with van der Waals surface area (Å²) in [6.07, 6.45) is 6.60. The van der Waals surface area contributed by atoms with Crippen molar-refractivity contribution < 1.29 is 15.0 Å². The number of aliphatic hydroxyl groups is 2. The molecule has 0 aromatic carbocycles. The average Bonchev–Trinajstić information content (AvgIpc) is 2.73. The van der Waals surface area contributed by atoms with Crippen LogP contribution in [0.15, 0.2) is 11.6 Å². The molecular formula is C19H27BrO3. The molecule has 3 saturated carbocycles. The molecule has 23 heavy (non-hydrogen) atoms. The van der Waals surface area contributed by atoms with Gasteiger partial charge in [0.1, 0.15) is 0 Å². The Morgan fingerprint density at radius 2 is 1.83 bits per heavy atom. The Bertz CT molecular complexity index is 573. The fourth-order valence-corrected chi connectivity index (χ4v) is 7.35. The number of ketones is 1. The second-order valence-corrected chi connectivity index (χ2v) is 9.91. The van der Waals surface area contributed by atoms with Gasteiger partial charge in [-0.25, -0.2) is 0 Å². The van der Waals surface area contributed by atoms with Crippen LogP contribution in [0.1, 0.15) is 52.4 Å². The summed E-state index contributed by atoms with van der Waals surface area (Å²) in [5.41, 5.74) is 1.09. The molecule has 0 aliphatic heterocycles. The van der Waals surface area contributed by atoms with Gasteiger partial charge in [-0.15, -0.1) is 0 Å². The van der Waals surface area contributed by atoms with Crippen molar-refractivity contribution in [3.8, 4) is 0 Å². The molecule has 0 heterocycles. The van der Waals surface area contributed by atoms with E-state index in [0.717, 1.165) is 32.1 Å². The molecule has 0 spiro atoms. The monoisotopic (exact) mass is 382 g/mol. The van der Waals surface area contributed by atoms with Gasteiger partial charge < -0.3 is 10.2 Å². The molecule has 8 atom stereocenters. The highest BCUT2D eigenvalue weighted by Crippen LogP contribution is 2.65. The van der Waals surface area contributed by atoms with Gasteiger partial charge >= 0.3 is 0 Å². The van der Waals surface area contributed by atoms with E-state index in [-0.39, 0.29) is 33.8 Å². The third-order valence-corrected chi connectivity index (χ3v) is 8.60. The van der Waals surface area contributed by atoms with E-state index in [0.29, 0.717) is 24.0 Å². The van der Waals surface area contributed by atoms with Crippen LogP contribution in [-0.2, 0) is 4.79 Å². The molecule has 128 valence electrons. The minimum Gasteiger partial charge on any atom is -0.392 e. The number of Topliss-reactive ketones (excluding diaryl/α,β-unsaturated/α-hetero) is 1. The molecule has 2 N–H and O–H groups in total. The Morgan fingerprint density at radius 3 is 2.57 bits per heavy atom. The largest absolute Gasteiger partial charge is 0.392 e. The Labute approximate surface area is 146 Å². The van der Waals surface area contributed by atoms with Crippen LogP contribution in [0.5, 0.6) is 0 Å². The Balaban J connectivity index is 1.74. The number of alkyl halides is 1. The van der Waals surface area contributed by atoms with Crippen LogP contribution < -0.4 is 0 Å². The highest BCUT2D eigenvalue weighted by Gasteiger charge is 2.63. The summed E-state index contributed by atoms with van der Waals surface area (Å²) in [6.45, 7) is 4.46. The van der Waals surface area contributed by atoms with Crippen LogP contribution in [0.2, 0.25) is 0 Å². The third kappa shape index (κ3) is 2.10. The van der Waals surface area contributed by atoms with E-state index in [4.69, 9.17) is 0 Å². The van der Waals surface area contributed by atoms with Gasteiger partial charge in [0.15, 0.2) is 5.78 Å². The molecule has 0 bridgehead atoms. The van der Waals surface area contributed by atoms with Crippen molar-refractivity contribution in [3.05, 3.63) is 11.6 Å². The summed E-state index contributed by atoms with van der Waals surface area (Å²) in [5.74, 6) is 1.29. The summed E-state index contributed by atoms with van der Waals surface area (Å²) in [6, 6.07) is 0. The summed E-state index contributed by atoms with van der Waals surface area (Å²) in [5, 5.41) is 20.9. The van der Waals surface area contributed by atoms with E-state index in [1.807, 2.05) is 6.08 Å². The molecule has 0 amide bonds. The van der Waals surface area contributed by atoms with Crippen LogP contribution >= 0.6 is 15.9 Å². The van der Waals surface area contributed by atoms with Crippen molar-refractivity contribution in [3.63, 3.8) is 0 Å². The maximum atomic E-state index is 12.7. The number of halogens is 1. The zero-order chi connectivity index (χ0) is 16.6. The maximum absolute atomic E-state index is 12.7. The highest BCUT2D eigenvalue weighted by atomic mass is 79.9. The van der Waals surface area contributed by atoms with Crippen LogP contribution in [0.3, 0.4) is 0 Å². The van der Waals surface area contributed by atoms with Gasteiger partial charge in [0.25, 0.3) is 0 Å². The van der Waals surface area contributed by atoms with Gasteiger partial charge in [0.2, 0.25) is 0 Å². The van der Waals surface area contributed by atoms with E-state index >= 15 is 0 Å². The molecule has 4 aliphatic carbocycles. The van der Waals surface area contributed by atoms with E-state index in [1.165, 1.54) is 5.57 Å². The van der Waals surface area contributed by atoms with Crippen LogP contribution in [-0.4, -0.2) is 33.0 Å². The van der Waals surface area contributed by atoms with E-state index < -0.39 is 0 Å². The lowest BCUT2D eigenvalue weighted by Crippen LogP contribution is -2.55. The van der Waals surface area contributed by atoms with Crippen LogP contribution in [0.25, 0.3) is 0 Å². The maximum Gasteiger partial charge on any atom is 0.152 e. The Morgan fingerprint density at radius 1 is 1.13 bits per heavy atom. The zero-order valence-electron chi connectivity index (χ0n) is 14.0. The van der Waals surface area contributed by atoms with Crippen molar-refractivity contribution in [2.75, 3.05) is 0 Å². The third-order valence-electron chi connectivity index (χ3n) is 7.81. The normalized spacial score (nSPS) is 55.7. The van der Waals surface area contributed by atoms with Crippen molar-refractivity contribution in [2.45, 2.75) is 69.4 Å². The molecule has 4 heteroatoms. The Hall–Kier alpha value is -0.190. The molecule has 3 unspecified atom stereocenters. The number of carbonyl (C=O) groups is 1. The summed E-state index contributed by atoms with van der Waals surface area (Å²) in [4.78, 5) is 12.6. The predicted molar refractivity (Wildman–Crippen MR) is 92.2 cm³/mol. The van der Waals surface area contributed by atoms with Crippen molar-refractivity contribution >= 4 is 21.7 Å². The second kappa shape index (κ2) is 5.15. The van der Waals surface area contributed by atoms with Crippen molar-refractivity contribution in [1.29, 1.82) is 0 Å². The lowest BCUT2D eigenvalue weighted by molar-refractivity contribution is -0.138. The predicted octanol–water partition coefficient (Wildman–Crippen LogP) is 3.22. The minimum absolute atomic E-state index is 0.0404. The number of fused-ring (bicyclic) bond motifs is 5. The van der Waals surface area contributed by atoms with E-state index in [9.17, 15) is 15.0 Å². The van der Waals surface area contributed by atoms with Gasteiger partial charge in [-0.2, -0.15) is 0 Å². The minimum atomic E-state index is -0.375. The van der Waals surface area contributed by atoms with Gasteiger partial charge in [-0.3, -0.25) is 4.79 Å². The number of carbonyl (C=O) groups excluding carboxylic acids is 1. The molecule has 0 aromatic rings. The fourth-order valence-electron chi connectivity index (χ4n) is 6.43. The number of rotatable bonds is 0. The molecule has 0 radical (unpaired) electrons. The SMILES string of the molecule is C[C@]12CCC(O)C=C1CC(O)[C@@H]1[C@H]2CC[C@]2(C)C(=O)C(Br)C[C@@H]12. The lowest BCUT2D eigenvalue weighted by Gasteiger charge is -2.58. The van der Waals surface area contributed by atoms with E-state index in [2.05, 4.69) is 29.8 Å². The number of hydrogen-bond acceptors (Lipinski definition) is 3. The first kappa shape index (κ1) is 16.3. The van der Waals surface area contributed by atoms with Crippen LogP contribution in [0, 0.1) is 28.6 Å². The number of hydrogen-bond donors (Lipinski definition) is 2. The van der Waals surface area contributed by atoms with Gasteiger partial charge in [0, 0.05) is 5.41 Å². The molecular weight excluding hydrogens is 356 g/mol. The fraction of sp³-hybridized carbons (Fsp3) is 0.842. The molecule has 0 aromatic heterocycles. The smallest absolute Gasteiger partial charge is 0.152 e. The molecule has 0 saturated heterocycles. The van der Waals surface area contributed by atoms with Crippen molar-refractivity contribution in [1.82, 2.24) is 0 Å². The molecule has 3 nitrogen and oxygen atoms in total. The number of aliphatic hydroxyl groups excluding tert-OH is 2. The quantitative estimate of drug-likeness (QED) is 0.499.